The molecule has 0 aromatic heterocycles. The number of carbonyl (C=O) groups excluding carboxylic acids is 2. The summed E-state index contributed by atoms with van der Waals surface area (Å²) in [4.78, 5) is 23.3. The first-order valence-electron chi connectivity index (χ1n) is 5.71. The topological polar surface area (TPSA) is 52.6 Å². The number of rotatable bonds is 5. The SMILES string of the molecule is CCOC(=O)C(=Cc1cc[c]cc1)C(=O)OCC. The van der Waals surface area contributed by atoms with Gasteiger partial charge in [-0.1, -0.05) is 24.3 Å². The highest BCUT2D eigenvalue weighted by molar-refractivity contribution is 6.17. The van der Waals surface area contributed by atoms with Gasteiger partial charge in [0.1, 0.15) is 5.57 Å². The number of esters is 2. The van der Waals surface area contributed by atoms with E-state index in [1.54, 1.807) is 38.1 Å². The third-order valence-electron chi connectivity index (χ3n) is 2.05. The van der Waals surface area contributed by atoms with Crippen LogP contribution in [0.4, 0.5) is 0 Å². The molecule has 1 radical (unpaired) electrons. The molecule has 0 amide bonds. The average molecular weight is 247 g/mol. The van der Waals surface area contributed by atoms with Gasteiger partial charge in [0.25, 0.3) is 0 Å². The van der Waals surface area contributed by atoms with Crippen molar-refractivity contribution in [1.29, 1.82) is 0 Å². The van der Waals surface area contributed by atoms with E-state index in [2.05, 4.69) is 6.07 Å². The summed E-state index contributed by atoms with van der Waals surface area (Å²) in [5, 5.41) is 0. The first-order chi connectivity index (χ1) is 8.69. The maximum absolute atomic E-state index is 11.7. The van der Waals surface area contributed by atoms with Crippen LogP contribution in [0.5, 0.6) is 0 Å². The standard InChI is InChI=1S/C14H15O4/c1-3-17-13(15)12(14(16)18-4-2)10-11-8-6-5-7-9-11/h6-10H,3-4H2,1-2H3. The van der Waals surface area contributed by atoms with Gasteiger partial charge in [-0.05, 0) is 31.6 Å². The highest BCUT2D eigenvalue weighted by Gasteiger charge is 2.20. The molecule has 0 bridgehead atoms. The van der Waals surface area contributed by atoms with Gasteiger partial charge in [-0.15, -0.1) is 0 Å². The van der Waals surface area contributed by atoms with Crippen LogP contribution in [0.1, 0.15) is 19.4 Å². The molecule has 0 N–H and O–H groups in total. The van der Waals surface area contributed by atoms with Crippen LogP contribution in [0.3, 0.4) is 0 Å². The van der Waals surface area contributed by atoms with Crippen molar-refractivity contribution >= 4 is 18.0 Å². The van der Waals surface area contributed by atoms with Gasteiger partial charge in [0.15, 0.2) is 0 Å². The van der Waals surface area contributed by atoms with Crippen molar-refractivity contribution in [2.45, 2.75) is 13.8 Å². The lowest BCUT2D eigenvalue weighted by Gasteiger charge is -2.06. The number of carbonyl (C=O) groups is 2. The molecule has 0 aliphatic heterocycles. The zero-order valence-corrected chi connectivity index (χ0v) is 10.4. The normalized spacial score (nSPS) is 9.44. The molecule has 0 heterocycles. The van der Waals surface area contributed by atoms with E-state index in [0.717, 1.165) is 0 Å². The van der Waals surface area contributed by atoms with Crippen LogP contribution in [0.2, 0.25) is 0 Å². The number of benzene rings is 1. The summed E-state index contributed by atoms with van der Waals surface area (Å²) >= 11 is 0. The van der Waals surface area contributed by atoms with Crippen molar-refractivity contribution in [3.05, 3.63) is 41.5 Å². The number of hydrogen-bond donors (Lipinski definition) is 0. The largest absolute Gasteiger partial charge is 0.462 e. The summed E-state index contributed by atoms with van der Waals surface area (Å²) < 4.78 is 9.66. The highest BCUT2D eigenvalue weighted by atomic mass is 16.6. The Morgan fingerprint density at radius 2 is 1.61 bits per heavy atom. The molecule has 0 saturated heterocycles. The van der Waals surface area contributed by atoms with E-state index in [4.69, 9.17) is 9.47 Å². The monoisotopic (exact) mass is 247 g/mol. The maximum atomic E-state index is 11.7. The second-order valence-corrected chi connectivity index (χ2v) is 3.33. The van der Waals surface area contributed by atoms with E-state index in [-0.39, 0.29) is 18.8 Å². The summed E-state index contributed by atoms with van der Waals surface area (Å²) in [6.07, 6.45) is 1.45. The predicted molar refractivity (Wildman–Crippen MR) is 66.5 cm³/mol. The van der Waals surface area contributed by atoms with Crippen molar-refractivity contribution in [3.8, 4) is 0 Å². The van der Waals surface area contributed by atoms with Gasteiger partial charge in [-0.3, -0.25) is 0 Å². The lowest BCUT2D eigenvalue weighted by atomic mass is 10.1. The molecule has 0 aliphatic carbocycles. The molecule has 0 saturated carbocycles. The molecule has 4 nitrogen and oxygen atoms in total. The van der Waals surface area contributed by atoms with E-state index >= 15 is 0 Å². The first kappa shape index (κ1) is 14.0. The van der Waals surface area contributed by atoms with E-state index in [1.807, 2.05) is 0 Å². The van der Waals surface area contributed by atoms with Crippen LogP contribution >= 0.6 is 0 Å². The maximum Gasteiger partial charge on any atom is 0.345 e. The van der Waals surface area contributed by atoms with Gasteiger partial charge in [-0.25, -0.2) is 9.59 Å². The lowest BCUT2D eigenvalue weighted by molar-refractivity contribution is -0.146. The van der Waals surface area contributed by atoms with Gasteiger partial charge < -0.3 is 9.47 Å². The molecule has 4 heteroatoms. The van der Waals surface area contributed by atoms with Crippen molar-refractivity contribution in [2.24, 2.45) is 0 Å². The molecular weight excluding hydrogens is 232 g/mol. The van der Waals surface area contributed by atoms with Crippen LogP contribution in [0.15, 0.2) is 29.8 Å². The van der Waals surface area contributed by atoms with Crippen molar-refractivity contribution in [2.75, 3.05) is 13.2 Å². The van der Waals surface area contributed by atoms with Crippen LogP contribution < -0.4 is 0 Å². The third kappa shape index (κ3) is 4.05. The Balaban J connectivity index is 3.00. The van der Waals surface area contributed by atoms with Gasteiger partial charge in [0.05, 0.1) is 13.2 Å². The van der Waals surface area contributed by atoms with Gasteiger partial charge in [0.2, 0.25) is 0 Å². The molecule has 1 aromatic rings. The number of hydrogen-bond acceptors (Lipinski definition) is 4. The molecule has 95 valence electrons. The second kappa shape index (κ2) is 7.27. The zero-order valence-electron chi connectivity index (χ0n) is 10.4. The second-order valence-electron chi connectivity index (χ2n) is 3.33. The van der Waals surface area contributed by atoms with Crippen molar-refractivity contribution < 1.29 is 19.1 Å². The predicted octanol–water partition coefficient (Wildman–Crippen LogP) is 2.00. The fraction of sp³-hybridized carbons (Fsp3) is 0.286. The van der Waals surface area contributed by atoms with Crippen molar-refractivity contribution in [1.82, 2.24) is 0 Å². The molecule has 1 aromatic carbocycles. The van der Waals surface area contributed by atoms with Crippen LogP contribution in [0, 0.1) is 6.07 Å². The minimum absolute atomic E-state index is 0.107. The minimum Gasteiger partial charge on any atom is -0.462 e. The minimum atomic E-state index is -0.677. The van der Waals surface area contributed by atoms with E-state index in [9.17, 15) is 9.59 Å². The van der Waals surface area contributed by atoms with Crippen LogP contribution in [0.25, 0.3) is 6.08 Å². The van der Waals surface area contributed by atoms with Gasteiger partial charge in [-0.2, -0.15) is 0 Å². The Hall–Kier alpha value is -2.10. The Bertz CT molecular complexity index is 414. The van der Waals surface area contributed by atoms with Crippen molar-refractivity contribution in [3.63, 3.8) is 0 Å². The number of ether oxygens (including phenoxy) is 2. The third-order valence-corrected chi connectivity index (χ3v) is 2.05. The average Bonchev–Trinajstić information content (AvgIpc) is 2.37. The summed E-state index contributed by atoms with van der Waals surface area (Å²) in [6, 6.07) is 9.71. The van der Waals surface area contributed by atoms with Crippen LogP contribution in [-0.4, -0.2) is 25.2 Å². The first-order valence-corrected chi connectivity index (χ1v) is 5.71. The van der Waals surface area contributed by atoms with E-state index in [0.29, 0.717) is 5.56 Å². The quantitative estimate of drug-likeness (QED) is 0.345. The molecule has 0 spiro atoms. The smallest absolute Gasteiger partial charge is 0.345 e. The molecule has 0 fully saturated rings. The lowest BCUT2D eigenvalue weighted by Crippen LogP contribution is -2.18. The fourth-order valence-electron chi connectivity index (χ4n) is 1.28. The molecule has 0 unspecified atom stereocenters. The van der Waals surface area contributed by atoms with E-state index < -0.39 is 11.9 Å². The zero-order chi connectivity index (χ0) is 13.4. The van der Waals surface area contributed by atoms with Gasteiger partial charge >= 0.3 is 11.9 Å². The summed E-state index contributed by atoms with van der Waals surface area (Å²) in [6.45, 7) is 3.77. The molecule has 0 aliphatic rings. The highest BCUT2D eigenvalue weighted by Crippen LogP contribution is 2.10. The Labute approximate surface area is 106 Å². The van der Waals surface area contributed by atoms with Gasteiger partial charge in [0, 0.05) is 0 Å². The Morgan fingerprint density at radius 1 is 1.11 bits per heavy atom. The Morgan fingerprint density at radius 3 is 2.06 bits per heavy atom. The summed E-state index contributed by atoms with van der Waals surface area (Å²) in [5.74, 6) is -1.35. The molecular formula is C14H15O4. The summed E-state index contributed by atoms with van der Waals surface area (Å²) in [7, 11) is 0. The Kier molecular flexibility index (Phi) is 5.64. The molecule has 18 heavy (non-hydrogen) atoms. The van der Waals surface area contributed by atoms with E-state index in [1.165, 1.54) is 6.08 Å². The summed E-state index contributed by atoms with van der Waals surface area (Å²) in [5.41, 5.74) is 0.606. The van der Waals surface area contributed by atoms with Crippen LogP contribution in [-0.2, 0) is 19.1 Å². The fourth-order valence-corrected chi connectivity index (χ4v) is 1.28. The molecule has 1 rings (SSSR count). The molecule has 0 atom stereocenters.